The lowest BCUT2D eigenvalue weighted by molar-refractivity contribution is 0.0692. The summed E-state index contributed by atoms with van der Waals surface area (Å²) in [6, 6.07) is 20.7. The summed E-state index contributed by atoms with van der Waals surface area (Å²) in [5.41, 5.74) is 2.95. The lowest BCUT2D eigenvalue weighted by atomic mass is 9.94. The smallest absolute Gasteiger partial charge is 0.338 e. The summed E-state index contributed by atoms with van der Waals surface area (Å²) in [6.07, 6.45) is 0. The molecule has 0 heterocycles. The Balaban J connectivity index is 0.00000324. The maximum atomic E-state index is 14.0. The number of carboxylic acids is 1. The summed E-state index contributed by atoms with van der Waals surface area (Å²) >= 11 is 0. The van der Waals surface area contributed by atoms with Crippen molar-refractivity contribution >= 4 is 29.1 Å². The molecule has 2 N–H and O–H groups in total. The highest BCUT2D eigenvalue weighted by Crippen LogP contribution is 2.32. The lowest BCUT2D eigenvalue weighted by Gasteiger charge is -2.17. The van der Waals surface area contributed by atoms with Crippen LogP contribution in [0.2, 0.25) is 0 Å². The third-order valence-electron chi connectivity index (χ3n) is 5.72. The minimum atomic E-state index is -1.31. The molecule has 7 heteroatoms. The van der Waals surface area contributed by atoms with E-state index in [2.05, 4.69) is 11.4 Å². The molecule has 34 heavy (non-hydrogen) atoms. The Labute approximate surface area is 202 Å². The van der Waals surface area contributed by atoms with E-state index in [4.69, 9.17) is 4.74 Å². The molecule has 0 aromatic heterocycles. The van der Waals surface area contributed by atoms with Crippen molar-refractivity contribution < 1.29 is 23.4 Å². The summed E-state index contributed by atoms with van der Waals surface area (Å²) < 4.78 is 32.8. The fourth-order valence-corrected chi connectivity index (χ4v) is 3.90. The lowest BCUT2D eigenvalue weighted by Crippen LogP contribution is -2.18. The van der Waals surface area contributed by atoms with Crippen LogP contribution in [0.15, 0.2) is 72.8 Å². The van der Waals surface area contributed by atoms with Crippen LogP contribution in [0.5, 0.6) is 5.75 Å². The summed E-state index contributed by atoms with van der Waals surface area (Å²) in [6.45, 7) is 2.50. The Bertz CT molecular complexity index is 1340. The number of hydrogen-bond acceptors (Lipinski definition) is 3. The monoisotopic (exact) mass is 483 g/mol. The summed E-state index contributed by atoms with van der Waals surface area (Å²) in [5.74, 6) is -2.29. The second-order valence-corrected chi connectivity index (χ2v) is 7.86. The van der Waals surface area contributed by atoms with E-state index in [1.807, 2.05) is 37.3 Å². The van der Waals surface area contributed by atoms with E-state index < -0.39 is 17.6 Å². The van der Waals surface area contributed by atoms with Gasteiger partial charge in [-0.3, -0.25) is 0 Å². The maximum Gasteiger partial charge on any atom is 0.338 e. The molecule has 0 aliphatic carbocycles. The van der Waals surface area contributed by atoms with Crippen molar-refractivity contribution in [1.29, 1.82) is 0 Å². The third kappa shape index (κ3) is 5.19. The van der Waals surface area contributed by atoms with E-state index >= 15 is 0 Å². The van der Waals surface area contributed by atoms with Crippen molar-refractivity contribution in [3.05, 3.63) is 101 Å². The van der Waals surface area contributed by atoms with Gasteiger partial charge in [0.25, 0.3) is 0 Å². The topological polar surface area (TPSA) is 58.6 Å². The molecule has 0 spiro atoms. The molecule has 4 rings (SSSR count). The highest BCUT2D eigenvalue weighted by Gasteiger charge is 2.15. The summed E-state index contributed by atoms with van der Waals surface area (Å²) in [7, 11) is 1.43. The first kappa shape index (κ1) is 25.1. The number of fused-ring (bicyclic) bond motifs is 1. The average molecular weight is 484 g/mol. The van der Waals surface area contributed by atoms with E-state index in [1.54, 1.807) is 18.2 Å². The number of ether oxygens (including phenoxy) is 1. The number of nitrogens with one attached hydrogen (secondary N) is 1. The van der Waals surface area contributed by atoms with Crippen LogP contribution >= 0.6 is 12.4 Å². The summed E-state index contributed by atoms with van der Waals surface area (Å²) in [4.78, 5) is 11.4. The van der Waals surface area contributed by atoms with Crippen molar-refractivity contribution in [2.75, 3.05) is 7.11 Å². The van der Waals surface area contributed by atoms with E-state index in [0.29, 0.717) is 12.1 Å². The van der Waals surface area contributed by atoms with E-state index in [1.165, 1.54) is 25.3 Å². The van der Waals surface area contributed by atoms with Crippen molar-refractivity contribution in [2.45, 2.75) is 19.5 Å². The number of rotatable bonds is 7. The van der Waals surface area contributed by atoms with Gasteiger partial charge in [-0.2, -0.15) is 0 Å². The molecular weight excluding hydrogens is 460 g/mol. The molecule has 0 saturated carbocycles. The molecule has 0 saturated heterocycles. The van der Waals surface area contributed by atoms with Gasteiger partial charge in [-0.05, 0) is 76.3 Å². The van der Waals surface area contributed by atoms with Crippen molar-refractivity contribution in [1.82, 2.24) is 5.32 Å². The number of hydrogen-bond donors (Lipinski definition) is 2. The Morgan fingerprint density at radius 1 is 1.00 bits per heavy atom. The minimum absolute atomic E-state index is 0. The van der Waals surface area contributed by atoms with Crippen LogP contribution in [0.25, 0.3) is 21.9 Å². The van der Waals surface area contributed by atoms with Gasteiger partial charge in [-0.1, -0.05) is 36.4 Å². The molecule has 4 aromatic carbocycles. The predicted octanol–water partition coefficient (Wildman–Crippen LogP) is 6.76. The Kier molecular flexibility index (Phi) is 7.87. The molecule has 0 aliphatic heterocycles. The molecule has 0 aliphatic rings. The van der Waals surface area contributed by atoms with Crippen LogP contribution in [0.4, 0.5) is 8.78 Å². The fraction of sp³-hybridized carbons (Fsp3) is 0.148. The largest absolute Gasteiger partial charge is 0.494 e. The Morgan fingerprint density at radius 3 is 2.47 bits per heavy atom. The molecule has 0 radical (unpaired) electrons. The first-order valence-corrected chi connectivity index (χ1v) is 10.5. The van der Waals surface area contributed by atoms with Crippen LogP contribution < -0.4 is 10.1 Å². The van der Waals surface area contributed by atoms with Gasteiger partial charge >= 0.3 is 5.97 Å². The van der Waals surface area contributed by atoms with Gasteiger partial charge in [0.1, 0.15) is 5.82 Å². The molecule has 0 bridgehead atoms. The number of halogens is 3. The van der Waals surface area contributed by atoms with Crippen molar-refractivity contribution in [3.63, 3.8) is 0 Å². The van der Waals surface area contributed by atoms with Crippen LogP contribution in [0.1, 0.15) is 34.5 Å². The standard InChI is InChI=1S/C27H23F2NO3.ClH/c1-16(18-7-10-25(29)26(14-18)33-2)30-15-17-11-19-5-3-4-6-21(19)22(12-17)20-8-9-24(28)23(13-20)27(31)32;/h3-14,16,30H,15H2,1-2H3,(H,31,32);1H. The van der Waals surface area contributed by atoms with Gasteiger partial charge in [0.05, 0.1) is 12.7 Å². The highest BCUT2D eigenvalue weighted by atomic mass is 35.5. The number of aromatic carboxylic acids is 1. The van der Waals surface area contributed by atoms with Gasteiger partial charge in [-0.15, -0.1) is 12.4 Å². The van der Waals surface area contributed by atoms with E-state index in [-0.39, 0.29) is 29.8 Å². The molecule has 176 valence electrons. The van der Waals surface area contributed by atoms with E-state index in [0.717, 1.165) is 27.5 Å². The quantitative estimate of drug-likeness (QED) is 0.305. The molecule has 0 fully saturated rings. The zero-order valence-corrected chi connectivity index (χ0v) is 19.5. The Hall–Kier alpha value is -3.48. The Morgan fingerprint density at radius 2 is 1.74 bits per heavy atom. The fourth-order valence-electron chi connectivity index (χ4n) is 3.90. The van der Waals surface area contributed by atoms with Crippen LogP contribution in [0.3, 0.4) is 0 Å². The highest BCUT2D eigenvalue weighted by molar-refractivity contribution is 5.99. The molecule has 1 unspecified atom stereocenters. The second kappa shape index (κ2) is 10.6. The number of carbonyl (C=O) groups is 1. The van der Waals surface area contributed by atoms with E-state index in [9.17, 15) is 18.7 Å². The van der Waals surface area contributed by atoms with Gasteiger partial charge < -0.3 is 15.2 Å². The van der Waals surface area contributed by atoms with Crippen LogP contribution in [-0.2, 0) is 6.54 Å². The summed E-state index contributed by atoms with van der Waals surface area (Å²) in [5, 5.41) is 14.7. The number of carboxylic acid groups (broad SMARTS) is 1. The molecular formula is C27H24ClF2NO3. The van der Waals surface area contributed by atoms with Gasteiger partial charge in [0.2, 0.25) is 0 Å². The zero-order chi connectivity index (χ0) is 23.5. The molecule has 1 atom stereocenters. The van der Waals surface area contributed by atoms with Gasteiger partial charge in [0.15, 0.2) is 11.6 Å². The number of methoxy groups -OCH3 is 1. The third-order valence-corrected chi connectivity index (χ3v) is 5.72. The second-order valence-electron chi connectivity index (χ2n) is 7.86. The first-order chi connectivity index (χ1) is 15.9. The molecule has 4 nitrogen and oxygen atoms in total. The van der Waals surface area contributed by atoms with Crippen LogP contribution in [-0.4, -0.2) is 18.2 Å². The van der Waals surface area contributed by atoms with Crippen molar-refractivity contribution in [3.8, 4) is 16.9 Å². The SMILES string of the molecule is COc1cc(C(C)NCc2cc(-c3ccc(F)c(C(=O)O)c3)c3ccccc3c2)ccc1F.Cl. The van der Waals surface area contributed by atoms with Gasteiger partial charge in [-0.25, -0.2) is 13.6 Å². The average Bonchev–Trinajstić information content (AvgIpc) is 2.82. The first-order valence-electron chi connectivity index (χ1n) is 10.5. The molecule has 0 amide bonds. The molecule has 4 aromatic rings. The van der Waals surface area contributed by atoms with Crippen molar-refractivity contribution in [2.24, 2.45) is 0 Å². The predicted molar refractivity (Wildman–Crippen MR) is 132 cm³/mol. The maximum absolute atomic E-state index is 14.0. The number of benzene rings is 4. The normalized spacial score (nSPS) is 11.6. The van der Waals surface area contributed by atoms with Gasteiger partial charge in [0, 0.05) is 12.6 Å². The minimum Gasteiger partial charge on any atom is -0.494 e. The zero-order valence-electron chi connectivity index (χ0n) is 18.6. The van der Waals surface area contributed by atoms with Crippen LogP contribution in [0, 0.1) is 11.6 Å².